The fourth-order valence-electron chi connectivity index (χ4n) is 2.40. The maximum absolute atomic E-state index is 11.8. The van der Waals surface area contributed by atoms with Crippen molar-refractivity contribution < 1.29 is 14.6 Å². The molecule has 0 radical (unpaired) electrons. The van der Waals surface area contributed by atoms with Crippen LogP contribution in [-0.2, 0) is 15.1 Å². The molecule has 1 aromatic carbocycles. The van der Waals surface area contributed by atoms with Crippen molar-refractivity contribution in [3.8, 4) is 0 Å². The van der Waals surface area contributed by atoms with Crippen molar-refractivity contribution in [2.75, 3.05) is 7.11 Å². The lowest BCUT2D eigenvalue weighted by Gasteiger charge is -2.32. The topological polar surface area (TPSA) is 46.5 Å². The van der Waals surface area contributed by atoms with Crippen LogP contribution in [0.25, 0.3) is 0 Å². The molecular formula is C15H22O3. The van der Waals surface area contributed by atoms with Crippen molar-refractivity contribution in [1.29, 1.82) is 0 Å². The Morgan fingerprint density at radius 3 is 2.56 bits per heavy atom. The number of carbonyl (C=O) groups is 1. The molecule has 3 heteroatoms. The molecule has 0 aliphatic rings. The van der Waals surface area contributed by atoms with Crippen molar-refractivity contribution in [3.05, 3.63) is 34.9 Å². The number of aryl methyl sites for hydroxylation is 2. The highest BCUT2D eigenvalue weighted by Gasteiger charge is 2.39. The fourth-order valence-corrected chi connectivity index (χ4v) is 2.40. The van der Waals surface area contributed by atoms with Crippen LogP contribution in [0.1, 0.15) is 37.0 Å². The van der Waals surface area contributed by atoms with Crippen LogP contribution in [-0.4, -0.2) is 18.2 Å². The molecule has 1 N–H and O–H groups in total. The van der Waals surface area contributed by atoms with Gasteiger partial charge < -0.3 is 9.84 Å². The molecule has 0 saturated carbocycles. The molecule has 2 unspecified atom stereocenters. The maximum Gasteiger partial charge on any atom is 0.311 e. The molecule has 3 nitrogen and oxygen atoms in total. The first-order valence-electron chi connectivity index (χ1n) is 6.22. The van der Waals surface area contributed by atoms with Gasteiger partial charge in [0.2, 0.25) is 0 Å². The summed E-state index contributed by atoms with van der Waals surface area (Å²) in [5.74, 6) is -0.925. The average Bonchev–Trinajstić information content (AvgIpc) is 2.32. The second kappa shape index (κ2) is 5.53. The quantitative estimate of drug-likeness (QED) is 0.836. The molecule has 0 saturated heterocycles. The van der Waals surface area contributed by atoms with Gasteiger partial charge in [-0.15, -0.1) is 0 Å². The number of rotatable bonds is 4. The zero-order chi connectivity index (χ0) is 13.9. The highest BCUT2D eigenvalue weighted by molar-refractivity contribution is 5.74. The summed E-state index contributed by atoms with van der Waals surface area (Å²) in [5, 5.41) is 10.8. The third-order valence-electron chi connectivity index (χ3n) is 3.51. The molecule has 0 aromatic heterocycles. The SMILES string of the molecule is CCC(C(=O)OC)C(C)(O)c1cc(C)ccc1C. The van der Waals surface area contributed by atoms with Crippen LogP contribution in [0, 0.1) is 19.8 Å². The van der Waals surface area contributed by atoms with Crippen molar-refractivity contribution >= 4 is 5.97 Å². The number of ether oxygens (including phenoxy) is 1. The van der Waals surface area contributed by atoms with Crippen LogP contribution >= 0.6 is 0 Å². The van der Waals surface area contributed by atoms with Gasteiger partial charge in [-0.1, -0.05) is 30.7 Å². The lowest BCUT2D eigenvalue weighted by molar-refractivity contribution is -0.155. The molecule has 0 amide bonds. The molecular weight excluding hydrogens is 228 g/mol. The first kappa shape index (κ1) is 14.7. The third-order valence-corrected chi connectivity index (χ3v) is 3.51. The fraction of sp³-hybridized carbons (Fsp3) is 0.533. The van der Waals surface area contributed by atoms with E-state index in [-0.39, 0.29) is 5.97 Å². The van der Waals surface area contributed by atoms with E-state index in [0.29, 0.717) is 6.42 Å². The smallest absolute Gasteiger partial charge is 0.311 e. The summed E-state index contributed by atoms with van der Waals surface area (Å²) in [7, 11) is 1.35. The van der Waals surface area contributed by atoms with Crippen LogP contribution in [0.2, 0.25) is 0 Å². The van der Waals surface area contributed by atoms with Gasteiger partial charge >= 0.3 is 5.97 Å². The van der Waals surface area contributed by atoms with E-state index in [2.05, 4.69) is 0 Å². The zero-order valence-electron chi connectivity index (χ0n) is 11.8. The Morgan fingerprint density at radius 1 is 1.44 bits per heavy atom. The minimum Gasteiger partial charge on any atom is -0.469 e. The first-order chi connectivity index (χ1) is 8.34. The van der Waals surface area contributed by atoms with Crippen LogP contribution in [0.4, 0.5) is 0 Å². The van der Waals surface area contributed by atoms with Gasteiger partial charge in [0, 0.05) is 0 Å². The molecule has 1 aromatic rings. The number of carbonyl (C=O) groups excluding carboxylic acids is 1. The van der Waals surface area contributed by atoms with Crippen molar-refractivity contribution in [2.24, 2.45) is 5.92 Å². The van der Waals surface area contributed by atoms with Gasteiger partial charge in [0.15, 0.2) is 0 Å². The molecule has 0 aliphatic carbocycles. The molecule has 100 valence electrons. The lowest BCUT2D eigenvalue weighted by atomic mass is 9.79. The summed E-state index contributed by atoms with van der Waals surface area (Å²) in [4.78, 5) is 11.8. The number of esters is 1. The summed E-state index contributed by atoms with van der Waals surface area (Å²) in [5.41, 5.74) is 1.63. The van der Waals surface area contributed by atoms with Crippen molar-refractivity contribution in [1.82, 2.24) is 0 Å². The van der Waals surface area contributed by atoms with E-state index < -0.39 is 11.5 Å². The standard InChI is InChI=1S/C15H22O3/c1-6-12(14(16)18-5)15(4,17)13-9-10(2)7-8-11(13)3/h7-9,12,17H,6H2,1-5H3. The van der Waals surface area contributed by atoms with E-state index in [1.165, 1.54) is 7.11 Å². The molecule has 0 bridgehead atoms. The van der Waals surface area contributed by atoms with Gasteiger partial charge in [0.1, 0.15) is 5.60 Å². The molecule has 2 atom stereocenters. The van der Waals surface area contributed by atoms with Gasteiger partial charge in [-0.25, -0.2) is 0 Å². The molecule has 0 fully saturated rings. The molecule has 18 heavy (non-hydrogen) atoms. The highest BCUT2D eigenvalue weighted by atomic mass is 16.5. The second-order valence-electron chi connectivity index (χ2n) is 4.95. The Morgan fingerprint density at radius 2 is 2.06 bits per heavy atom. The Kier molecular flexibility index (Phi) is 4.52. The van der Waals surface area contributed by atoms with Gasteiger partial charge in [-0.3, -0.25) is 4.79 Å². The summed E-state index contributed by atoms with van der Waals surface area (Å²) in [6.07, 6.45) is 0.535. The van der Waals surface area contributed by atoms with E-state index >= 15 is 0 Å². The van der Waals surface area contributed by atoms with Crippen LogP contribution in [0.3, 0.4) is 0 Å². The Bertz CT molecular complexity index is 435. The third kappa shape index (κ3) is 2.72. The van der Waals surface area contributed by atoms with Crippen LogP contribution in [0.5, 0.6) is 0 Å². The van der Waals surface area contributed by atoms with Crippen molar-refractivity contribution in [2.45, 2.75) is 39.7 Å². The number of benzene rings is 1. The maximum atomic E-state index is 11.8. The summed E-state index contributed by atoms with van der Waals surface area (Å²) < 4.78 is 4.78. The monoisotopic (exact) mass is 250 g/mol. The van der Waals surface area contributed by atoms with E-state index in [1.54, 1.807) is 6.92 Å². The number of hydrogen-bond acceptors (Lipinski definition) is 3. The number of methoxy groups -OCH3 is 1. The lowest BCUT2D eigenvalue weighted by Crippen LogP contribution is -2.38. The highest BCUT2D eigenvalue weighted by Crippen LogP contribution is 2.34. The molecule has 0 spiro atoms. The Hall–Kier alpha value is -1.35. The van der Waals surface area contributed by atoms with Gasteiger partial charge in [0.05, 0.1) is 13.0 Å². The number of hydrogen-bond donors (Lipinski definition) is 1. The zero-order valence-corrected chi connectivity index (χ0v) is 11.8. The van der Waals surface area contributed by atoms with E-state index in [9.17, 15) is 9.90 Å². The van der Waals surface area contributed by atoms with Crippen LogP contribution < -0.4 is 0 Å². The first-order valence-corrected chi connectivity index (χ1v) is 6.22. The van der Waals surface area contributed by atoms with E-state index in [4.69, 9.17) is 4.74 Å². The van der Waals surface area contributed by atoms with Crippen molar-refractivity contribution in [3.63, 3.8) is 0 Å². The Balaban J connectivity index is 3.25. The summed E-state index contributed by atoms with van der Waals surface area (Å²) in [6.45, 7) is 7.46. The largest absolute Gasteiger partial charge is 0.469 e. The number of aliphatic hydroxyl groups is 1. The summed E-state index contributed by atoms with van der Waals surface area (Å²) >= 11 is 0. The van der Waals surface area contributed by atoms with Crippen LogP contribution in [0.15, 0.2) is 18.2 Å². The molecule has 1 rings (SSSR count). The average molecular weight is 250 g/mol. The van der Waals surface area contributed by atoms with Gasteiger partial charge in [-0.05, 0) is 38.3 Å². The van der Waals surface area contributed by atoms with Gasteiger partial charge in [0.25, 0.3) is 0 Å². The Labute approximate surface area is 109 Å². The predicted octanol–water partition coefficient (Wildman–Crippen LogP) is 2.71. The van der Waals surface area contributed by atoms with Gasteiger partial charge in [-0.2, -0.15) is 0 Å². The van der Waals surface area contributed by atoms with E-state index in [1.807, 2.05) is 39.0 Å². The molecule has 0 aliphatic heterocycles. The summed E-state index contributed by atoms with van der Waals surface area (Å²) in [6, 6.07) is 5.89. The second-order valence-corrected chi connectivity index (χ2v) is 4.95. The molecule has 0 heterocycles. The minimum absolute atomic E-state index is 0.372. The minimum atomic E-state index is -1.21. The normalized spacial score (nSPS) is 15.9. The predicted molar refractivity (Wildman–Crippen MR) is 71.3 cm³/mol. The van der Waals surface area contributed by atoms with E-state index in [0.717, 1.165) is 16.7 Å².